The maximum absolute atomic E-state index is 8.82. The van der Waals surface area contributed by atoms with Crippen molar-refractivity contribution in [1.82, 2.24) is 15.2 Å². The summed E-state index contributed by atoms with van der Waals surface area (Å²) in [4.78, 5) is 4.34. The van der Waals surface area contributed by atoms with E-state index in [1.165, 1.54) is 5.56 Å². The van der Waals surface area contributed by atoms with E-state index in [2.05, 4.69) is 15.2 Å². The van der Waals surface area contributed by atoms with Crippen LogP contribution in [0.25, 0.3) is 11.3 Å². The highest BCUT2D eigenvalue weighted by atomic mass is 16.3. The minimum absolute atomic E-state index is 0.0406. The lowest BCUT2D eigenvalue weighted by molar-refractivity contribution is 0.296. The number of hydrogen-bond donors (Lipinski definition) is 1. The molecule has 1 heterocycles. The summed E-state index contributed by atoms with van der Waals surface area (Å²) in [5.41, 5.74) is 3.00. The van der Waals surface area contributed by atoms with E-state index in [0.29, 0.717) is 12.2 Å². The van der Waals surface area contributed by atoms with Gasteiger partial charge in [-0.3, -0.25) is 0 Å². The number of hydrogen-bond acceptors (Lipinski definition) is 4. The van der Waals surface area contributed by atoms with Crippen LogP contribution in [0.2, 0.25) is 0 Å². The average Bonchev–Trinajstić information content (AvgIpc) is 2.30. The van der Waals surface area contributed by atoms with Crippen molar-refractivity contribution in [3.63, 3.8) is 0 Å². The quantitative estimate of drug-likeness (QED) is 0.840. The topological polar surface area (TPSA) is 58.9 Å². The molecule has 0 saturated carbocycles. The largest absolute Gasteiger partial charge is 0.396 e. The Morgan fingerprint density at radius 2 is 2.19 bits per heavy atom. The number of rotatable bonds is 3. The van der Waals surface area contributed by atoms with Crippen LogP contribution in [0.1, 0.15) is 11.4 Å². The van der Waals surface area contributed by atoms with Gasteiger partial charge in [0.05, 0.1) is 18.5 Å². The van der Waals surface area contributed by atoms with Crippen molar-refractivity contribution in [1.29, 1.82) is 0 Å². The predicted molar refractivity (Wildman–Crippen MR) is 60.8 cm³/mol. The van der Waals surface area contributed by atoms with Crippen molar-refractivity contribution in [3.8, 4) is 11.3 Å². The Labute approximate surface area is 94.0 Å². The minimum atomic E-state index is 0.0406. The monoisotopic (exact) mass is 215 g/mol. The van der Waals surface area contributed by atoms with E-state index in [1.807, 2.05) is 31.2 Å². The Bertz CT molecular complexity index is 485. The molecule has 0 fully saturated rings. The minimum Gasteiger partial charge on any atom is -0.396 e. The van der Waals surface area contributed by atoms with Crippen LogP contribution in [0.4, 0.5) is 0 Å². The van der Waals surface area contributed by atoms with Crippen molar-refractivity contribution < 1.29 is 5.11 Å². The number of nitrogens with zero attached hydrogens (tertiary/aromatic N) is 3. The van der Waals surface area contributed by atoms with Gasteiger partial charge >= 0.3 is 0 Å². The molecule has 0 aliphatic heterocycles. The van der Waals surface area contributed by atoms with Crippen LogP contribution in [-0.2, 0) is 6.42 Å². The number of aryl methyl sites for hydroxylation is 1. The van der Waals surface area contributed by atoms with Crippen molar-refractivity contribution in [3.05, 3.63) is 41.9 Å². The predicted octanol–water partition coefficient (Wildman–Crippen LogP) is 1.38. The van der Waals surface area contributed by atoms with Gasteiger partial charge in [0.1, 0.15) is 0 Å². The first-order chi connectivity index (χ1) is 7.79. The molecule has 4 nitrogen and oxygen atoms in total. The summed E-state index contributed by atoms with van der Waals surface area (Å²) in [6.07, 6.45) is 2.07. The molecule has 0 amide bonds. The van der Waals surface area contributed by atoms with Gasteiger partial charge in [-0.05, 0) is 13.0 Å². The smallest absolute Gasteiger partial charge is 0.153 e. The second-order valence-electron chi connectivity index (χ2n) is 3.60. The van der Waals surface area contributed by atoms with Crippen LogP contribution < -0.4 is 0 Å². The van der Waals surface area contributed by atoms with E-state index in [-0.39, 0.29) is 6.61 Å². The molecule has 0 saturated heterocycles. The van der Waals surface area contributed by atoms with E-state index in [0.717, 1.165) is 11.3 Å². The van der Waals surface area contributed by atoms with Crippen LogP contribution in [0.5, 0.6) is 0 Å². The van der Waals surface area contributed by atoms with Gasteiger partial charge in [-0.25, -0.2) is 4.98 Å². The zero-order chi connectivity index (χ0) is 11.4. The van der Waals surface area contributed by atoms with Gasteiger partial charge in [0, 0.05) is 12.0 Å². The Morgan fingerprint density at radius 3 is 2.94 bits per heavy atom. The average molecular weight is 215 g/mol. The first-order valence-corrected chi connectivity index (χ1v) is 5.16. The molecule has 1 N–H and O–H groups in total. The third-order valence-electron chi connectivity index (χ3n) is 2.25. The van der Waals surface area contributed by atoms with E-state index >= 15 is 0 Å². The molecule has 1 aromatic carbocycles. The normalized spacial score (nSPS) is 10.4. The molecule has 1 aromatic heterocycles. The summed E-state index contributed by atoms with van der Waals surface area (Å²) in [5.74, 6) is 0.571. The summed E-state index contributed by atoms with van der Waals surface area (Å²) in [6.45, 7) is 2.08. The second kappa shape index (κ2) is 4.81. The summed E-state index contributed by atoms with van der Waals surface area (Å²) in [7, 11) is 0. The SMILES string of the molecule is Cc1cccc(-c2cnnc(CCO)n2)c1. The maximum Gasteiger partial charge on any atom is 0.153 e. The molecule has 0 radical (unpaired) electrons. The van der Waals surface area contributed by atoms with E-state index in [9.17, 15) is 0 Å². The zero-order valence-corrected chi connectivity index (χ0v) is 9.09. The number of aliphatic hydroxyl groups excluding tert-OH is 1. The summed E-state index contributed by atoms with van der Waals surface area (Å²) >= 11 is 0. The van der Waals surface area contributed by atoms with E-state index in [4.69, 9.17) is 5.11 Å². The van der Waals surface area contributed by atoms with Crippen molar-refractivity contribution in [2.75, 3.05) is 6.61 Å². The highest BCUT2D eigenvalue weighted by molar-refractivity contribution is 5.58. The lowest BCUT2D eigenvalue weighted by Gasteiger charge is -2.02. The molecule has 16 heavy (non-hydrogen) atoms. The molecule has 0 spiro atoms. The van der Waals surface area contributed by atoms with Crippen LogP contribution in [-0.4, -0.2) is 26.9 Å². The molecule has 0 bridgehead atoms. The molecule has 0 aliphatic rings. The summed E-state index contributed by atoms with van der Waals surface area (Å²) < 4.78 is 0. The van der Waals surface area contributed by atoms with E-state index < -0.39 is 0 Å². The molecular weight excluding hydrogens is 202 g/mol. The lowest BCUT2D eigenvalue weighted by Crippen LogP contribution is -2.01. The fraction of sp³-hybridized carbons (Fsp3) is 0.250. The second-order valence-corrected chi connectivity index (χ2v) is 3.60. The highest BCUT2D eigenvalue weighted by Gasteiger charge is 2.02. The molecule has 2 rings (SSSR count). The van der Waals surface area contributed by atoms with Gasteiger partial charge in [-0.1, -0.05) is 23.8 Å². The Kier molecular flexibility index (Phi) is 3.22. The Morgan fingerprint density at radius 1 is 1.31 bits per heavy atom. The molecule has 0 unspecified atom stereocenters. The molecule has 82 valence electrons. The maximum atomic E-state index is 8.82. The Hall–Kier alpha value is -1.81. The van der Waals surface area contributed by atoms with Crippen molar-refractivity contribution >= 4 is 0 Å². The fourth-order valence-corrected chi connectivity index (χ4v) is 1.49. The van der Waals surface area contributed by atoms with Gasteiger partial charge in [0.15, 0.2) is 5.82 Å². The van der Waals surface area contributed by atoms with Gasteiger partial charge in [-0.15, -0.1) is 5.10 Å². The van der Waals surface area contributed by atoms with Crippen LogP contribution >= 0.6 is 0 Å². The van der Waals surface area contributed by atoms with Gasteiger partial charge < -0.3 is 5.11 Å². The summed E-state index contributed by atoms with van der Waals surface area (Å²) in [5, 5.41) is 16.6. The first-order valence-electron chi connectivity index (χ1n) is 5.16. The van der Waals surface area contributed by atoms with Gasteiger partial charge in [0.2, 0.25) is 0 Å². The molecule has 0 atom stereocenters. The lowest BCUT2D eigenvalue weighted by atomic mass is 10.1. The van der Waals surface area contributed by atoms with Gasteiger partial charge in [-0.2, -0.15) is 5.10 Å². The highest BCUT2D eigenvalue weighted by Crippen LogP contribution is 2.16. The third-order valence-corrected chi connectivity index (χ3v) is 2.25. The van der Waals surface area contributed by atoms with Crippen molar-refractivity contribution in [2.24, 2.45) is 0 Å². The van der Waals surface area contributed by atoms with Gasteiger partial charge in [0.25, 0.3) is 0 Å². The molecule has 4 heteroatoms. The van der Waals surface area contributed by atoms with Crippen molar-refractivity contribution in [2.45, 2.75) is 13.3 Å². The molecular formula is C12H13N3O. The van der Waals surface area contributed by atoms with Crippen LogP contribution in [0.3, 0.4) is 0 Å². The van der Waals surface area contributed by atoms with Crippen LogP contribution in [0.15, 0.2) is 30.5 Å². The van der Waals surface area contributed by atoms with Crippen LogP contribution in [0, 0.1) is 6.92 Å². The summed E-state index contributed by atoms with van der Waals surface area (Å²) in [6, 6.07) is 8.05. The number of aliphatic hydroxyl groups is 1. The molecule has 2 aromatic rings. The van der Waals surface area contributed by atoms with E-state index in [1.54, 1.807) is 6.20 Å². The zero-order valence-electron chi connectivity index (χ0n) is 9.09. The third kappa shape index (κ3) is 2.41. The first kappa shape index (κ1) is 10.7. The number of benzene rings is 1. The Balaban J connectivity index is 2.36. The standard InChI is InChI=1S/C12H13N3O/c1-9-3-2-4-10(7-9)11-8-13-15-12(14-11)5-6-16/h2-4,7-8,16H,5-6H2,1H3. The number of aromatic nitrogens is 3. The molecule has 0 aliphatic carbocycles. The fourth-order valence-electron chi connectivity index (χ4n) is 1.49.